The zero-order valence-electron chi connectivity index (χ0n) is 10.6. The number of rotatable bonds is 6. The van der Waals surface area contributed by atoms with Crippen LogP contribution in [0.25, 0.3) is 0 Å². The van der Waals surface area contributed by atoms with E-state index in [1.807, 2.05) is 6.92 Å². The van der Waals surface area contributed by atoms with Crippen molar-refractivity contribution < 1.29 is 19.5 Å². The minimum Gasteiger partial charge on any atom is -0.481 e. The van der Waals surface area contributed by atoms with E-state index in [4.69, 9.17) is 5.11 Å². The molecule has 0 saturated carbocycles. The van der Waals surface area contributed by atoms with Crippen LogP contribution in [0.5, 0.6) is 0 Å². The average molecular weight is 274 g/mol. The van der Waals surface area contributed by atoms with Crippen molar-refractivity contribution >= 4 is 29.5 Å². The normalized spacial score (nSPS) is 18.6. The SMILES string of the molecule is CC[C@](C)(CC(=O)O)NC(=O)CN1CSCC1=O. The maximum atomic E-state index is 11.8. The second kappa shape index (κ2) is 6.08. The first-order chi connectivity index (χ1) is 8.36. The van der Waals surface area contributed by atoms with Gasteiger partial charge in [0.15, 0.2) is 0 Å². The molecule has 0 aromatic carbocycles. The fourth-order valence-corrected chi connectivity index (χ4v) is 2.59. The third kappa shape index (κ3) is 4.21. The van der Waals surface area contributed by atoms with Crippen LogP contribution in [0.15, 0.2) is 0 Å². The highest BCUT2D eigenvalue weighted by molar-refractivity contribution is 8.00. The molecular weight excluding hydrogens is 256 g/mol. The predicted octanol–water partition coefficient (Wildman–Crippen LogP) is 0.279. The van der Waals surface area contributed by atoms with Crippen LogP contribution in [0.1, 0.15) is 26.7 Å². The molecule has 0 unspecified atom stereocenters. The van der Waals surface area contributed by atoms with Crippen molar-refractivity contribution in [3.05, 3.63) is 0 Å². The lowest BCUT2D eigenvalue weighted by molar-refractivity contribution is -0.139. The van der Waals surface area contributed by atoms with Crippen molar-refractivity contribution in [1.29, 1.82) is 0 Å². The van der Waals surface area contributed by atoms with Gasteiger partial charge in [0.2, 0.25) is 11.8 Å². The highest BCUT2D eigenvalue weighted by Crippen LogP contribution is 2.16. The number of nitrogens with one attached hydrogen (secondary N) is 1. The average Bonchev–Trinajstić information content (AvgIpc) is 2.63. The van der Waals surface area contributed by atoms with Crippen molar-refractivity contribution in [2.24, 2.45) is 0 Å². The lowest BCUT2D eigenvalue weighted by atomic mass is 9.94. The van der Waals surface area contributed by atoms with Crippen LogP contribution in [0.2, 0.25) is 0 Å². The second-order valence-corrected chi connectivity index (χ2v) is 5.56. The number of carboxylic acid groups (broad SMARTS) is 1. The van der Waals surface area contributed by atoms with Crippen molar-refractivity contribution in [2.75, 3.05) is 18.2 Å². The second-order valence-electron chi connectivity index (χ2n) is 4.60. The lowest BCUT2D eigenvalue weighted by Crippen LogP contribution is -2.50. The fourth-order valence-electron chi connectivity index (χ4n) is 1.68. The smallest absolute Gasteiger partial charge is 0.305 e. The van der Waals surface area contributed by atoms with Gasteiger partial charge in [-0.25, -0.2) is 0 Å². The van der Waals surface area contributed by atoms with Gasteiger partial charge >= 0.3 is 5.97 Å². The molecule has 2 N–H and O–H groups in total. The molecule has 2 amide bonds. The summed E-state index contributed by atoms with van der Waals surface area (Å²) >= 11 is 1.47. The third-order valence-electron chi connectivity index (χ3n) is 2.92. The Morgan fingerprint density at radius 2 is 2.22 bits per heavy atom. The third-order valence-corrected chi connectivity index (χ3v) is 3.87. The summed E-state index contributed by atoms with van der Waals surface area (Å²) in [7, 11) is 0. The van der Waals surface area contributed by atoms with Gasteiger partial charge in [-0.2, -0.15) is 0 Å². The molecule has 0 spiro atoms. The Labute approximate surface area is 110 Å². The molecule has 1 rings (SSSR count). The summed E-state index contributed by atoms with van der Waals surface area (Å²) < 4.78 is 0. The lowest BCUT2D eigenvalue weighted by Gasteiger charge is -2.28. The molecule has 0 aromatic rings. The molecule has 1 aliphatic rings. The van der Waals surface area contributed by atoms with E-state index in [1.165, 1.54) is 16.7 Å². The van der Waals surface area contributed by atoms with E-state index in [-0.39, 0.29) is 24.8 Å². The maximum Gasteiger partial charge on any atom is 0.305 e. The van der Waals surface area contributed by atoms with E-state index in [2.05, 4.69) is 5.32 Å². The van der Waals surface area contributed by atoms with Crippen LogP contribution < -0.4 is 5.32 Å². The first-order valence-electron chi connectivity index (χ1n) is 5.74. The van der Waals surface area contributed by atoms with Crippen LogP contribution >= 0.6 is 11.8 Å². The van der Waals surface area contributed by atoms with Crippen LogP contribution in [0.3, 0.4) is 0 Å². The van der Waals surface area contributed by atoms with Crippen LogP contribution in [0, 0.1) is 0 Å². The van der Waals surface area contributed by atoms with E-state index >= 15 is 0 Å². The number of hydrogen-bond donors (Lipinski definition) is 2. The first-order valence-corrected chi connectivity index (χ1v) is 6.90. The van der Waals surface area contributed by atoms with Crippen LogP contribution in [0.4, 0.5) is 0 Å². The molecule has 18 heavy (non-hydrogen) atoms. The maximum absolute atomic E-state index is 11.8. The van der Waals surface area contributed by atoms with Gasteiger partial charge in [0, 0.05) is 5.54 Å². The minimum atomic E-state index is -0.951. The molecule has 1 saturated heterocycles. The number of thioether (sulfide) groups is 1. The summed E-state index contributed by atoms with van der Waals surface area (Å²) in [4.78, 5) is 35.3. The molecule has 1 heterocycles. The van der Waals surface area contributed by atoms with Crippen LogP contribution in [-0.2, 0) is 14.4 Å². The Bertz CT molecular complexity index is 361. The highest BCUT2D eigenvalue weighted by Gasteiger charge is 2.29. The topological polar surface area (TPSA) is 86.7 Å². The van der Waals surface area contributed by atoms with Gasteiger partial charge in [-0.1, -0.05) is 6.92 Å². The molecule has 6 nitrogen and oxygen atoms in total. The number of carbonyl (C=O) groups is 3. The molecule has 1 aliphatic heterocycles. The van der Waals surface area contributed by atoms with Crippen molar-refractivity contribution in [3.8, 4) is 0 Å². The van der Waals surface area contributed by atoms with E-state index in [0.29, 0.717) is 18.1 Å². The summed E-state index contributed by atoms with van der Waals surface area (Å²) in [5.41, 5.74) is -0.765. The molecule has 102 valence electrons. The molecule has 0 aliphatic carbocycles. The Morgan fingerprint density at radius 3 is 2.67 bits per heavy atom. The highest BCUT2D eigenvalue weighted by atomic mass is 32.2. The minimum absolute atomic E-state index is 0.00103. The summed E-state index contributed by atoms with van der Waals surface area (Å²) in [5.74, 6) is -0.378. The van der Waals surface area contributed by atoms with Gasteiger partial charge in [-0.15, -0.1) is 11.8 Å². The summed E-state index contributed by atoms with van der Waals surface area (Å²) in [5, 5.41) is 11.5. The molecule has 0 bridgehead atoms. The van der Waals surface area contributed by atoms with Crippen molar-refractivity contribution in [3.63, 3.8) is 0 Å². The predicted molar refractivity (Wildman–Crippen MR) is 68.1 cm³/mol. The van der Waals surface area contributed by atoms with E-state index in [1.54, 1.807) is 6.92 Å². The Morgan fingerprint density at radius 1 is 1.56 bits per heavy atom. The molecule has 0 radical (unpaired) electrons. The van der Waals surface area contributed by atoms with Crippen molar-refractivity contribution in [2.45, 2.75) is 32.2 Å². The molecule has 7 heteroatoms. The largest absolute Gasteiger partial charge is 0.481 e. The number of hydrogen-bond acceptors (Lipinski definition) is 4. The molecule has 1 atom stereocenters. The van der Waals surface area contributed by atoms with Gasteiger partial charge < -0.3 is 15.3 Å². The van der Waals surface area contributed by atoms with E-state index < -0.39 is 11.5 Å². The molecule has 0 aromatic heterocycles. The summed E-state index contributed by atoms with van der Waals surface area (Å²) in [6.45, 7) is 3.51. The Kier molecular flexibility index (Phi) is 5.01. The van der Waals surface area contributed by atoms with E-state index in [9.17, 15) is 14.4 Å². The Balaban J connectivity index is 2.51. The number of nitrogens with zero attached hydrogens (tertiary/aromatic N) is 1. The number of carbonyl (C=O) groups excluding carboxylic acids is 2. The van der Waals surface area contributed by atoms with E-state index in [0.717, 1.165) is 0 Å². The number of carboxylic acids is 1. The van der Waals surface area contributed by atoms with Gasteiger partial charge in [-0.05, 0) is 13.3 Å². The fraction of sp³-hybridized carbons (Fsp3) is 0.727. The van der Waals surface area contributed by atoms with Gasteiger partial charge in [0.05, 0.1) is 18.1 Å². The quantitative estimate of drug-likeness (QED) is 0.726. The van der Waals surface area contributed by atoms with Crippen molar-refractivity contribution in [1.82, 2.24) is 10.2 Å². The monoisotopic (exact) mass is 274 g/mol. The number of aliphatic carboxylic acids is 1. The van der Waals surface area contributed by atoms with Crippen LogP contribution in [-0.4, -0.2) is 51.5 Å². The van der Waals surface area contributed by atoms with Gasteiger partial charge in [0.25, 0.3) is 0 Å². The molecule has 1 fully saturated rings. The molecular formula is C11H18N2O4S. The Hall–Kier alpha value is -1.24. The zero-order valence-corrected chi connectivity index (χ0v) is 11.4. The zero-order chi connectivity index (χ0) is 13.8. The number of amides is 2. The summed E-state index contributed by atoms with van der Waals surface area (Å²) in [6.07, 6.45) is 0.395. The summed E-state index contributed by atoms with van der Waals surface area (Å²) in [6, 6.07) is 0. The van der Waals surface area contributed by atoms with Gasteiger partial charge in [-0.3, -0.25) is 14.4 Å². The standard InChI is InChI=1S/C11H18N2O4S/c1-3-11(2,4-10(16)17)12-8(14)5-13-7-18-6-9(13)15/h3-7H2,1-2H3,(H,12,14)(H,16,17)/t11-/m1/s1. The first kappa shape index (κ1) is 14.8. The van der Waals surface area contributed by atoms with Gasteiger partial charge in [0.1, 0.15) is 6.54 Å².